The summed E-state index contributed by atoms with van der Waals surface area (Å²) in [6.45, 7) is 2.42. The van der Waals surface area contributed by atoms with Gasteiger partial charge >= 0.3 is 12.2 Å². The van der Waals surface area contributed by atoms with Gasteiger partial charge in [-0.05, 0) is 31.2 Å². The molecular formula is C18H17F3N6O2. The highest BCUT2D eigenvalue weighted by molar-refractivity contribution is 5.89. The lowest BCUT2D eigenvalue weighted by Gasteiger charge is -2.27. The Balaban J connectivity index is 1.51. The van der Waals surface area contributed by atoms with E-state index in [9.17, 15) is 18.0 Å². The minimum atomic E-state index is -4.42. The van der Waals surface area contributed by atoms with E-state index < -0.39 is 17.8 Å². The van der Waals surface area contributed by atoms with E-state index in [0.29, 0.717) is 24.5 Å². The first-order valence-corrected chi connectivity index (χ1v) is 8.81. The number of rotatable bonds is 2. The van der Waals surface area contributed by atoms with Gasteiger partial charge in [0, 0.05) is 37.0 Å². The van der Waals surface area contributed by atoms with Gasteiger partial charge in [-0.3, -0.25) is 4.68 Å². The van der Waals surface area contributed by atoms with Gasteiger partial charge in [-0.2, -0.15) is 23.3 Å². The first-order valence-electron chi connectivity index (χ1n) is 8.81. The van der Waals surface area contributed by atoms with Crippen molar-refractivity contribution in [3.05, 3.63) is 46.9 Å². The van der Waals surface area contributed by atoms with E-state index in [2.05, 4.69) is 20.6 Å². The molecule has 0 fully saturated rings. The molecule has 4 rings (SSSR count). The number of fused-ring (bicyclic) bond motifs is 1. The van der Waals surface area contributed by atoms with E-state index in [1.54, 1.807) is 16.5 Å². The topological polar surface area (TPSA) is 89.1 Å². The first kappa shape index (κ1) is 19.0. The van der Waals surface area contributed by atoms with Crippen molar-refractivity contribution in [1.29, 1.82) is 0 Å². The molecule has 1 aliphatic heterocycles. The third-order valence-corrected chi connectivity index (χ3v) is 4.72. The summed E-state index contributed by atoms with van der Waals surface area (Å²) in [6, 6.07) is 3.91. The fraction of sp³-hybridized carbons (Fsp3) is 0.333. The molecule has 0 bridgehead atoms. The van der Waals surface area contributed by atoms with Crippen LogP contribution in [0.2, 0.25) is 0 Å². The Morgan fingerprint density at radius 2 is 1.97 bits per heavy atom. The molecule has 0 unspecified atom stereocenters. The number of aryl methyl sites for hydroxylation is 2. The fourth-order valence-electron chi connectivity index (χ4n) is 3.28. The minimum absolute atomic E-state index is 0.270. The van der Waals surface area contributed by atoms with Crippen LogP contribution in [0, 0.1) is 6.92 Å². The van der Waals surface area contributed by atoms with Crippen molar-refractivity contribution in [2.24, 2.45) is 7.05 Å². The summed E-state index contributed by atoms with van der Waals surface area (Å²) in [5, 5.41) is 10.9. The van der Waals surface area contributed by atoms with Crippen LogP contribution in [0.15, 0.2) is 28.8 Å². The number of amides is 2. The van der Waals surface area contributed by atoms with Crippen molar-refractivity contribution >= 4 is 11.7 Å². The first-order chi connectivity index (χ1) is 13.7. The quantitative estimate of drug-likeness (QED) is 0.705. The molecule has 2 amide bonds. The Morgan fingerprint density at radius 3 is 2.59 bits per heavy atom. The number of hydrogen-bond acceptors (Lipinski definition) is 5. The fourth-order valence-corrected chi connectivity index (χ4v) is 3.28. The molecule has 2 aromatic heterocycles. The van der Waals surface area contributed by atoms with Crippen LogP contribution < -0.4 is 5.32 Å². The zero-order chi connectivity index (χ0) is 20.8. The van der Waals surface area contributed by atoms with E-state index in [1.807, 2.05) is 7.05 Å². The summed E-state index contributed by atoms with van der Waals surface area (Å²) in [5.74, 6) is 0.761. The Labute approximate surface area is 163 Å². The molecule has 0 atom stereocenters. The molecule has 8 nitrogen and oxygen atoms in total. The highest BCUT2D eigenvalue weighted by Crippen LogP contribution is 2.31. The van der Waals surface area contributed by atoms with Crippen molar-refractivity contribution in [3.8, 4) is 11.6 Å². The summed E-state index contributed by atoms with van der Waals surface area (Å²) >= 11 is 0. The van der Waals surface area contributed by atoms with Gasteiger partial charge in [-0.25, -0.2) is 4.79 Å². The van der Waals surface area contributed by atoms with E-state index in [-0.39, 0.29) is 18.1 Å². The lowest BCUT2D eigenvalue weighted by atomic mass is 10.1. The van der Waals surface area contributed by atoms with Gasteiger partial charge in [0.05, 0.1) is 12.1 Å². The van der Waals surface area contributed by atoms with E-state index in [0.717, 1.165) is 23.4 Å². The monoisotopic (exact) mass is 406 g/mol. The largest absolute Gasteiger partial charge is 0.416 e. The molecule has 0 aliphatic carbocycles. The summed E-state index contributed by atoms with van der Waals surface area (Å²) in [7, 11) is 1.81. The highest BCUT2D eigenvalue weighted by Gasteiger charge is 2.31. The molecule has 0 saturated heterocycles. The number of carbonyl (C=O) groups excluding carboxylic acids is 1. The molecule has 1 N–H and O–H groups in total. The molecule has 3 heterocycles. The van der Waals surface area contributed by atoms with Gasteiger partial charge in [0.25, 0.3) is 5.89 Å². The number of carbonyl (C=O) groups is 1. The van der Waals surface area contributed by atoms with Crippen LogP contribution in [0.3, 0.4) is 0 Å². The van der Waals surface area contributed by atoms with Crippen molar-refractivity contribution in [3.63, 3.8) is 0 Å². The van der Waals surface area contributed by atoms with E-state index >= 15 is 0 Å². The zero-order valence-electron chi connectivity index (χ0n) is 15.6. The van der Waals surface area contributed by atoms with Crippen LogP contribution in [-0.4, -0.2) is 37.4 Å². The molecule has 0 radical (unpaired) electrons. The predicted molar refractivity (Wildman–Crippen MR) is 95.8 cm³/mol. The van der Waals surface area contributed by atoms with Crippen LogP contribution >= 0.6 is 0 Å². The average Bonchev–Trinajstić information content (AvgIpc) is 3.24. The molecule has 0 spiro atoms. The molecule has 1 aromatic carbocycles. The number of anilines is 1. The second kappa shape index (κ2) is 6.90. The van der Waals surface area contributed by atoms with Crippen molar-refractivity contribution in [2.45, 2.75) is 26.1 Å². The summed E-state index contributed by atoms with van der Waals surface area (Å²) in [6.07, 6.45) is -3.85. The number of alkyl halides is 3. The molecule has 11 heteroatoms. The summed E-state index contributed by atoms with van der Waals surface area (Å²) in [5.41, 5.74) is 1.82. The summed E-state index contributed by atoms with van der Waals surface area (Å²) in [4.78, 5) is 18.4. The van der Waals surface area contributed by atoms with Gasteiger partial charge < -0.3 is 14.7 Å². The van der Waals surface area contributed by atoms with E-state index in [1.165, 1.54) is 12.1 Å². The smallest absolute Gasteiger partial charge is 0.332 e. The molecule has 3 aromatic rings. The second-order valence-electron chi connectivity index (χ2n) is 6.72. The lowest BCUT2D eigenvalue weighted by Crippen LogP contribution is -2.39. The number of urea groups is 1. The van der Waals surface area contributed by atoms with Gasteiger partial charge in [0.2, 0.25) is 0 Å². The number of nitrogens with one attached hydrogen (secondary N) is 1. The third kappa shape index (κ3) is 3.67. The van der Waals surface area contributed by atoms with Gasteiger partial charge in [0.15, 0.2) is 11.5 Å². The summed E-state index contributed by atoms with van der Waals surface area (Å²) < 4.78 is 45.0. The lowest BCUT2D eigenvalue weighted by molar-refractivity contribution is -0.137. The number of hydrogen-bond donors (Lipinski definition) is 1. The Bertz CT molecular complexity index is 1050. The average molecular weight is 406 g/mol. The number of nitrogens with zero attached hydrogens (tertiary/aromatic N) is 5. The van der Waals surface area contributed by atoms with E-state index in [4.69, 9.17) is 4.52 Å². The molecule has 0 saturated carbocycles. The normalized spacial score (nSPS) is 14.0. The van der Waals surface area contributed by atoms with Gasteiger partial charge in [-0.1, -0.05) is 5.16 Å². The molecule has 1 aliphatic rings. The van der Waals surface area contributed by atoms with Crippen molar-refractivity contribution < 1.29 is 22.5 Å². The highest BCUT2D eigenvalue weighted by atomic mass is 19.4. The Morgan fingerprint density at radius 1 is 1.24 bits per heavy atom. The number of benzene rings is 1. The van der Waals surface area contributed by atoms with Crippen LogP contribution in [0.5, 0.6) is 0 Å². The maximum atomic E-state index is 12.7. The third-order valence-electron chi connectivity index (χ3n) is 4.72. The Kier molecular flexibility index (Phi) is 4.52. The van der Waals surface area contributed by atoms with Gasteiger partial charge in [0.1, 0.15) is 0 Å². The van der Waals surface area contributed by atoms with Crippen LogP contribution in [-0.2, 0) is 26.2 Å². The van der Waals surface area contributed by atoms with Crippen LogP contribution in [0.4, 0.5) is 23.7 Å². The standard InChI is InChI=1S/C18H17F3N6O2/c1-10-22-16(29-25-10)15-13-9-27(8-7-14(13)26(2)24-15)17(28)23-12-5-3-11(4-6-12)18(19,20)21/h3-6H,7-9H2,1-2H3,(H,23,28). The minimum Gasteiger partial charge on any atom is -0.332 e. The molecule has 152 valence electrons. The van der Waals surface area contributed by atoms with Crippen molar-refractivity contribution in [1.82, 2.24) is 24.8 Å². The molecule has 29 heavy (non-hydrogen) atoms. The zero-order valence-corrected chi connectivity index (χ0v) is 15.6. The van der Waals surface area contributed by atoms with Crippen LogP contribution in [0.1, 0.15) is 22.6 Å². The molecular weight excluding hydrogens is 389 g/mol. The van der Waals surface area contributed by atoms with Crippen molar-refractivity contribution in [2.75, 3.05) is 11.9 Å². The Hall–Kier alpha value is -3.37. The van der Waals surface area contributed by atoms with Gasteiger partial charge in [-0.15, -0.1) is 0 Å². The maximum absolute atomic E-state index is 12.7. The second-order valence-corrected chi connectivity index (χ2v) is 6.72. The number of halogens is 3. The number of aromatic nitrogens is 4. The predicted octanol–water partition coefficient (Wildman–Crippen LogP) is 3.39. The maximum Gasteiger partial charge on any atom is 0.416 e. The SMILES string of the molecule is Cc1noc(-c2nn(C)c3c2CN(C(=O)Nc2ccc(C(F)(F)F)cc2)CC3)n1. The van der Waals surface area contributed by atoms with Crippen LogP contribution in [0.25, 0.3) is 11.6 Å².